The third kappa shape index (κ3) is 4.69. The molecule has 122 valence electrons. The monoisotopic (exact) mass is 415 g/mol. The van der Waals surface area contributed by atoms with Gasteiger partial charge in [0.1, 0.15) is 5.75 Å². The lowest BCUT2D eigenvalue weighted by molar-refractivity contribution is -0.115. The van der Waals surface area contributed by atoms with Crippen LogP contribution >= 0.6 is 39.0 Å². The van der Waals surface area contributed by atoms with Gasteiger partial charge < -0.3 is 10.5 Å². The van der Waals surface area contributed by atoms with E-state index in [1.165, 1.54) is 30.2 Å². The molecule has 0 saturated carbocycles. The minimum Gasteiger partial charge on any atom is -0.497 e. The number of carbonyl (C=O) groups excluding carboxylic acids is 2. The van der Waals surface area contributed by atoms with Crippen molar-refractivity contribution in [3.63, 3.8) is 0 Å². The van der Waals surface area contributed by atoms with E-state index in [1.54, 1.807) is 18.2 Å². The summed E-state index contributed by atoms with van der Waals surface area (Å²) < 4.78 is 6.64. The Morgan fingerprint density at radius 1 is 1.48 bits per heavy atom. The van der Waals surface area contributed by atoms with Gasteiger partial charge in [-0.1, -0.05) is 11.3 Å². The Kier molecular flexibility index (Phi) is 6.03. The zero-order chi connectivity index (χ0) is 17.0. The molecule has 2 aromatic rings. The molecule has 0 aliphatic rings. The molecular weight excluding hydrogens is 402 g/mol. The molecule has 1 aromatic carbocycles. The van der Waals surface area contributed by atoms with Gasteiger partial charge in [0.15, 0.2) is 5.13 Å². The number of amides is 2. The Balaban J connectivity index is 2.14. The first-order valence-corrected chi connectivity index (χ1v) is 9.03. The Morgan fingerprint density at radius 3 is 2.87 bits per heavy atom. The summed E-state index contributed by atoms with van der Waals surface area (Å²) in [5, 5.41) is 3.22. The molecule has 0 atom stereocenters. The second-order valence-corrected chi connectivity index (χ2v) is 7.54. The number of hydrogen-bond acceptors (Lipinski definition) is 6. The second kappa shape index (κ2) is 7.80. The highest BCUT2D eigenvalue weighted by atomic mass is 79.9. The number of rotatable bonds is 6. The van der Waals surface area contributed by atoms with Crippen LogP contribution in [0.25, 0.3) is 0 Å². The number of thioether (sulfide) groups is 1. The molecule has 1 heterocycles. The Labute approximate surface area is 149 Å². The van der Waals surface area contributed by atoms with Crippen LogP contribution in [0.2, 0.25) is 0 Å². The molecule has 3 N–H and O–H groups in total. The maximum Gasteiger partial charge on any atom is 0.258 e. The molecule has 0 unspecified atom stereocenters. The van der Waals surface area contributed by atoms with Crippen molar-refractivity contribution >= 4 is 56.0 Å². The molecule has 2 rings (SSSR count). The standard InChI is InChI=1S/C14H14BrN3O3S2/c1-7-13(22-6-11(16)19)23-14(17-7)18-12(20)9-5-8(21-2)3-4-10(9)15/h3-5H,6H2,1-2H3,(H2,16,19)(H,17,18,20). The van der Waals surface area contributed by atoms with Gasteiger partial charge in [-0.05, 0) is 41.1 Å². The first kappa shape index (κ1) is 17.8. The summed E-state index contributed by atoms with van der Waals surface area (Å²) >= 11 is 5.96. The maximum absolute atomic E-state index is 12.4. The van der Waals surface area contributed by atoms with Crippen LogP contribution in [-0.4, -0.2) is 29.7 Å². The molecule has 6 nitrogen and oxygen atoms in total. The zero-order valence-electron chi connectivity index (χ0n) is 12.4. The Morgan fingerprint density at radius 2 is 2.22 bits per heavy atom. The molecule has 0 fully saturated rings. The molecule has 0 spiro atoms. The smallest absolute Gasteiger partial charge is 0.258 e. The number of aryl methyl sites for hydroxylation is 1. The quantitative estimate of drug-likeness (QED) is 0.706. The largest absolute Gasteiger partial charge is 0.497 e. The van der Waals surface area contributed by atoms with E-state index in [9.17, 15) is 9.59 Å². The van der Waals surface area contributed by atoms with Gasteiger partial charge in [0.05, 0.1) is 28.3 Å². The van der Waals surface area contributed by atoms with E-state index < -0.39 is 5.91 Å². The molecule has 2 amide bonds. The minimum atomic E-state index is -0.395. The lowest BCUT2D eigenvalue weighted by atomic mass is 10.2. The van der Waals surface area contributed by atoms with Crippen molar-refractivity contribution in [3.05, 3.63) is 33.9 Å². The highest BCUT2D eigenvalue weighted by Crippen LogP contribution is 2.32. The lowest BCUT2D eigenvalue weighted by Crippen LogP contribution is -2.12. The van der Waals surface area contributed by atoms with Gasteiger partial charge in [-0.2, -0.15) is 0 Å². The van der Waals surface area contributed by atoms with Crippen molar-refractivity contribution < 1.29 is 14.3 Å². The highest BCUT2D eigenvalue weighted by Gasteiger charge is 2.15. The predicted molar refractivity (Wildman–Crippen MR) is 95.4 cm³/mol. The third-order valence-corrected chi connectivity index (χ3v) is 5.89. The van der Waals surface area contributed by atoms with Gasteiger partial charge in [-0.3, -0.25) is 14.9 Å². The summed E-state index contributed by atoms with van der Waals surface area (Å²) in [4.78, 5) is 27.5. The van der Waals surface area contributed by atoms with Gasteiger partial charge in [0.25, 0.3) is 5.91 Å². The topological polar surface area (TPSA) is 94.3 Å². The summed E-state index contributed by atoms with van der Waals surface area (Å²) in [6, 6.07) is 5.14. The van der Waals surface area contributed by atoms with E-state index >= 15 is 0 Å². The van der Waals surface area contributed by atoms with Crippen LogP contribution in [-0.2, 0) is 4.79 Å². The lowest BCUT2D eigenvalue weighted by Gasteiger charge is -2.06. The van der Waals surface area contributed by atoms with E-state index in [4.69, 9.17) is 10.5 Å². The maximum atomic E-state index is 12.4. The third-order valence-electron chi connectivity index (χ3n) is 2.74. The molecule has 0 radical (unpaired) electrons. The fourth-order valence-corrected chi connectivity index (χ4v) is 3.98. The predicted octanol–water partition coefficient (Wildman–Crippen LogP) is 3.05. The van der Waals surface area contributed by atoms with E-state index in [0.29, 0.717) is 20.9 Å². The van der Waals surface area contributed by atoms with Gasteiger partial charge >= 0.3 is 0 Å². The number of halogens is 1. The summed E-state index contributed by atoms with van der Waals surface area (Å²) in [6.45, 7) is 1.82. The molecular formula is C14H14BrN3O3S2. The Hall–Kier alpha value is -1.58. The number of thiazole rings is 1. The van der Waals surface area contributed by atoms with Crippen LogP contribution in [0.5, 0.6) is 5.75 Å². The number of benzene rings is 1. The van der Waals surface area contributed by atoms with Gasteiger partial charge in [0, 0.05) is 4.47 Å². The first-order chi connectivity index (χ1) is 10.9. The number of primary amides is 1. The SMILES string of the molecule is COc1ccc(Br)c(C(=O)Nc2nc(C)c(SCC(N)=O)s2)c1. The van der Waals surface area contributed by atoms with Crippen LogP contribution in [0.1, 0.15) is 16.1 Å². The van der Waals surface area contributed by atoms with Gasteiger partial charge in [-0.25, -0.2) is 4.98 Å². The molecule has 0 bridgehead atoms. The van der Waals surface area contributed by atoms with Gasteiger partial charge in [0.2, 0.25) is 5.91 Å². The number of nitrogens with two attached hydrogens (primary N) is 1. The molecule has 1 aromatic heterocycles. The number of nitrogens with zero attached hydrogens (tertiary/aromatic N) is 1. The van der Waals surface area contributed by atoms with Crippen LogP contribution in [0.4, 0.5) is 5.13 Å². The average molecular weight is 416 g/mol. The molecule has 0 aliphatic heterocycles. The van der Waals surface area contributed by atoms with E-state index in [-0.39, 0.29) is 11.7 Å². The van der Waals surface area contributed by atoms with Crippen molar-refractivity contribution in [2.24, 2.45) is 5.73 Å². The van der Waals surface area contributed by atoms with Crippen molar-refractivity contribution in [1.29, 1.82) is 0 Å². The number of hydrogen-bond donors (Lipinski definition) is 2. The Bertz CT molecular complexity index is 749. The molecule has 0 aliphatic carbocycles. The van der Waals surface area contributed by atoms with Crippen molar-refractivity contribution in [1.82, 2.24) is 4.98 Å². The average Bonchev–Trinajstić information content (AvgIpc) is 2.85. The summed E-state index contributed by atoms with van der Waals surface area (Å²) in [6.07, 6.45) is 0. The normalized spacial score (nSPS) is 10.4. The van der Waals surface area contributed by atoms with Crippen LogP contribution in [0.15, 0.2) is 26.9 Å². The number of aromatic nitrogens is 1. The zero-order valence-corrected chi connectivity index (χ0v) is 15.6. The minimum absolute atomic E-state index is 0.178. The number of methoxy groups -OCH3 is 1. The molecule has 23 heavy (non-hydrogen) atoms. The fraction of sp³-hybridized carbons (Fsp3) is 0.214. The number of nitrogens with one attached hydrogen (secondary N) is 1. The van der Waals surface area contributed by atoms with Crippen LogP contribution in [0.3, 0.4) is 0 Å². The second-order valence-electron chi connectivity index (χ2n) is 4.45. The summed E-state index contributed by atoms with van der Waals surface area (Å²) in [5.74, 6) is 0.0775. The highest BCUT2D eigenvalue weighted by molar-refractivity contribution is 9.10. The van der Waals surface area contributed by atoms with Crippen LogP contribution in [0, 0.1) is 6.92 Å². The summed E-state index contributed by atoms with van der Waals surface area (Å²) in [5.41, 5.74) is 6.33. The van der Waals surface area contributed by atoms with Crippen molar-refractivity contribution in [2.75, 3.05) is 18.2 Å². The number of anilines is 1. The van der Waals surface area contributed by atoms with Crippen molar-refractivity contribution in [2.45, 2.75) is 11.1 Å². The number of ether oxygens (including phenoxy) is 1. The van der Waals surface area contributed by atoms with Crippen LogP contribution < -0.4 is 15.8 Å². The first-order valence-electron chi connectivity index (χ1n) is 6.44. The molecule has 9 heteroatoms. The van der Waals surface area contributed by atoms with E-state index in [2.05, 4.69) is 26.2 Å². The van der Waals surface area contributed by atoms with E-state index in [1.807, 2.05) is 6.92 Å². The van der Waals surface area contributed by atoms with Crippen molar-refractivity contribution in [3.8, 4) is 5.75 Å². The van der Waals surface area contributed by atoms with E-state index in [0.717, 1.165) is 9.90 Å². The summed E-state index contributed by atoms with van der Waals surface area (Å²) in [7, 11) is 1.54. The fourth-order valence-electron chi connectivity index (χ4n) is 1.68. The number of carbonyl (C=O) groups is 2. The molecule has 0 saturated heterocycles. The van der Waals surface area contributed by atoms with Gasteiger partial charge in [-0.15, -0.1) is 11.8 Å².